The summed E-state index contributed by atoms with van der Waals surface area (Å²) < 4.78 is 15.9. The number of pyridine rings is 1. The van der Waals surface area contributed by atoms with Crippen LogP contribution in [-0.2, 0) is 5.41 Å². The van der Waals surface area contributed by atoms with E-state index >= 15 is 0 Å². The number of hydrogen-bond acceptors (Lipinski definition) is 2. The Labute approximate surface area is 381 Å². The smallest absolute Gasteiger partial charge is 0.269 e. The molecular formula is C60H43N5O. The lowest BCUT2D eigenvalue weighted by molar-refractivity contribution is -0.484. The lowest BCUT2D eigenvalue weighted by atomic mass is 9.88. The van der Waals surface area contributed by atoms with Crippen LogP contribution >= 0.6 is 0 Å². The summed E-state index contributed by atoms with van der Waals surface area (Å²) in [6, 6.07) is 69.2. The molecule has 6 heteroatoms. The summed E-state index contributed by atoms with van der Waals surface area (Å²) in [4.78, 5) is 4.89. The second-order valence-corrected chi connectivity index (χ2v) is 18.2. The number of rotatable bonds is 5. The number of benzene rings is 8. The summed E-state index contributed by atoms with van der Waals surface area (Å²) in [5, 5.41) is 8.16. The van der Waals surface area contributed by atoms with Crippen molar-refractivity contribution in [3.05, 3.63) is 218 Å². The predicted molar refractivity (Wildman–Crippen MR) is 270 cm³/mol. The highest BCUT2D eigenvalue weighted by Crippen LogP contribution is 2.39. The number of para-hydroxylation sites is 5. The van der Waals surface area contributed by atoms with Gasteiger partial charge in [0.25, 0.3) is 6.33 Å². The van der Waals surface area contributed by atoms with Crippen LogP contribution in [0.4, 0.5) is 0 Å². The zero-order valence-corrected chi connectivity index (χ0v) is 36.8. The minimum absolute atomic E-state index is 0.0189. The quantitative estimate of drug-likeness (QED) is 0.128. The topological polar surface area (TPSA) is 40.5 Å². The van der Waals surface area contributed by atoms with Crippen molar-refractivity contribution < 1.29 is 9.14 Å². The molecule has 0 aliphatic rings. The van der Waals surface area contributed by atoms with Gasteiger partial charge in [0.2, 0.25) is 0 Å². The first kappa shape index (κ1) is 38.0. The molecule has 13 aromatic rings. The van der Waals surface area contributed by atoms with Gasteiger partial charge in [0.1, 0.15) is 17.3 Å². The van der Waals surface area contributed by atoms with Crippen molar-refractivity contribution in [1.82, 2.24) is 18.5 Å². The fourth-order valence-corrected chi connectivity index (χ4v) is 10.2. The Morgan fingerprint density at radius 3 is 1.94 bits per heavy atom. The van der Waals surface area contributed by atoms with E-state index in [2.05, 4.69) is 239 Å². The molecule has 0 saturated carbocycles. The van der Waals surface area contributed by atoms with Gasteiger partial charge < -0.3 is 9.14 Å². The normalized spacial score (nSPS) is 12.2. The molecule has 6 nitrogen and oxygen atoms in total. The molecule has 0 radical (unpaired) electrons. The number of ether oxygens (including phenoxy) is 1. The van der Waals surface area contributed by atoms with Crippen molar-refractivity contribution in [1.29, 1.82) is 0 Å². The van der Waals surface area contributed by atoms with E-state index in [0.29, 0.717) is 0 Å². The van der Waals surface area contributed by atoms with Crippen molar-refractivity contribution in [3.63, 3.8) is 0 Å². The van der Waals surface area contributed by atoms with Gasteiger partial charge in [0, 0.05) is 56.3 Å². The van der Waals surface area contributed by atoms with E-state index in [0.717, 1.165) is 83.3 Å². The molecule has 5 aromatic heterocycles. The average molecular weight is 850 g/mol. The van der Waals surface area contributed by atoms with Crippen LogP contribution in [0.3, 0.4) is 0 Å². The van der Waals surface area contributed by atoms with Crippen molar-refractivity contribution in [2.24, 2.45) is 0 Å². The Kier molecular flexibility index (Phi) is 8.37. The van der Waals surface area contributed by atoms with Crippen molar-refractivity contribution in [2.75, 3.05) is 0 Å². The number of imidazole rings is 1. The van der Waals surface area contributed by atoms with Crippen LogP contribution in [0.25, 0.3) is 99.0 Å². The van der Waals surface area contributed by atoms with Gasteiger partial charge in [-0.25, -0.2) is 4.98 Å². The minimum atomic E-state index is -0.0189. The molecule has 0 spiro atoms. The van der Waals surface area contributed by atoms with Gasteiger partial charge >= 0.3 is 0 Å². The van der Waals surface area contributed by atoms with Crippen LogP contribution in [0.1, 0.15) is 26.3 Å². The molecule has 13 rings (SSSR count). The first-order valence-electron chi connectivity index (χ1n) is 22.5. The molecule has 0 bridgehead atoms. The van der Waals surface area contributed by atoms with Gasteiger partial charge in [-0.05, 0) is 88.2 Å². The summed E-state index contributed by atoms with van der Waals surface area (Å²) in [5.41, 5.74) is 12.1. The molecule has 0 saturated heterocycles. The lowest BCUT2D eigenvalue weighted by Gasteiger charge is -2.20. The summed E-state index contributed by atoms with van der Waals surface area (Å²) in [6.45, 7) is 6.71. The van der Waals surface area contributed by atoms with Crippen molar-refractivity contribution >= 4 is 76.3 Å². The second-order valence-electron chi connectivity index (χ2n) is 18.2. The summed E-state index contributed by atoms with van der Waals surface area (Å²) in [5.74, 6) is 2.35. The third-order valence-electron chi connectivity index (χ3n) is 13.3. The van der Waals surface area contributed by atoms with Crippen molar-refractivity contribution in [3.8, 4) is 34.1 Å². The van der Waals surface area contributed by atoms with E-state index in [9.17, 15) is 0 Å². The zero-order chi connectivity index (χ0) is 44.1. The van der Waals surface area contributed by atoms with E-state index in [-0.39, 0.29) is 5.41 Å². The van der Waals surface area contributed by atoms with Crippen LogP contribution in [0.2, 0.25) is 0 Å². The maximum absolute atomic E-state index is 6.79. The molecule has 0 aliphatic carbocycles. The van der Waals surface area contributed by atoms with Crippen molar-refractivity contribution in [2.45, 2.75) is 26.2 Å². The Morgan fingerprint density at radius 1 is 0.515 bits per heavy atom. The van der Waals surface area contributed by atoms with Crippen LogP contribution in [-0.4, -0.2) is 18.5 Å². The lowest BCUT2D eigenvalue weighted by Crippen LogP contribution is -2.20. The van der Waals surface area contributed by atoms with Crippen LogP contribution in [0.5, 0.6) is 11.5 Å². The first-order valence-corrected chi connectivity index (χ1v) is 22.5. The van der Waals surface area contributed by atoms with Gasteiger partial charge in [0.15, 0.2) is 0 Å². The molecule has 0 aliphatic heterocycles. The molecule has 314 valence electrons. The van der Waals surface area contributed by atoms with E-state index in [1.165, 1.54) is 32.8 Å². The third-order valence-corrected chi connectivity index (χ3v) is 13.3. The maximum Gasteiger partial charge on any atom is 0.269 e. The largest absolute Gasteiger partial charge is 0.458 e. The zero-order valence-electron chi connectivity index (χ0n) is 36.8. The van der Waals surface area contributed by atoms with E-state index < -0.39 is 0 Å². The Bertz CT molecular complexity index is 4130. The van der Waals surface area contributed by atoms with Gasteiger partial charge in [-0.2, -0.15) is 0 Å². The standard InChI is InChI=1S/C60H43N5O/c1-60(2,3)40-32-33-61-57(34-40)64-52-27-10-7-20-45(52)47-31-30-43(36-55(47)64)66-42-19-13-18-41(35-42)62-37-56-51-22-9-12-29-54(51)65-53-28-11-8-21-46(53)48-24-15-26-50(59(48)65)49-25-14-23-44(58(49)63(56)38-62)39-16-5-4-6-17-39/h4-37H,1-3H3. The number of aromatic nitrogens is 5. The monoisotopic (exact) mass is 849 g/mol. The van der Waals surface area contributed by atoms with E-state index in [4.69, 9.17) is 9.72 Å². The fraction of sp³-hybridized carbons (Fsp3) is 0.0667. The number of hydrogen-bond donors (Lipinski definition) is 0. The maximum atomic E-state index is 6.79. The molecule has 8 aromatic carbocycles. The number of fused-ring (bicyclic) bond motifs is 13. The molecule has 66 heavy (non-hydrogen) atoms. The predicted octanol–water partition coefficient (Wildman–Crippen LogP) is 14.7. The summed E-state index contributed by atoms with van der Waals surface area (Å²) in [6.07, 6.45) is 8.00. The molecular weight excluding hydrogens is 807 g/mol. The second kappa shape index (κ2) is 14.5. The van der Waals surface area contributed by atoms with E-state index in [1.807, 2.05) is 12.3 Å². The molecule has 0 unspecified atom stereocenters. The molecule has 0 N–H and O–H groups in total. The summed E-state index contributed by atoms with van der Waals surface area (Å²) in [7, 11) is 0. The van der Waals surface area contributed by atoms with Gasteiger partial charge in [-0.1, -0.05) is 148 Å². The molecule has 0 amide bonds. The highest BCUT2D eigenvalue weighted by atomic mass is 16.5. The fourth-order valence-electron chi connectivity index (χ4n) is 10.2. The van der Waals surface area contributed by atoms with Gasteiger partial charge in [0.05, 0.1) is 38.8 Å². The highest BCUT2D eigenvalue weighted by Gasteiger charge is 2.20. The SMILES string of the molecule is CC(C)(C)c1ccnc(-n2c3ccccc3c3ccc(Oc4cccc(-n5[c-][n+]6c(c5)c5ccccc5n5c7ccccc7c7cccc(c8cccc(-c9ccccc9)c86)c75)c4)cc32)c1. The number of nitrogens with zero attached hydrogens (tertiary/aromatic N) is 5. The first-order chi connectivity index (χ1) is 32.4. The average Bonchev–Trinajstić information content (AvgIpc) is 4.05. The van der Waals surface area contributed by atoms with Gasteiger partial charge in [-0.15, -0.1) is 0 Å². The Balaban J connectivity index is 1.03. The van der Waals surface area contributed by atoms with Crippen LogP contribution in [0, 0.1) is 6.33 Å². The van der Waals surface area contributed by atoms with Crippen LogP contribution < -0.4 is 9.14 Å². The Hall–Kier alpha value is -8.48. The van der Waals surface area contributed by atoms with Gasteiger partial charge in [-0.3, -0.25) is 13.5 Å². The third kappa shape index (κ3) is 5.88. The molecule has 0 fully saturated rings. The molecule has 0 atom stereocenters. The molecule has 5 heterocycles. The van der Waals surface area contributed by atoms with Crippen LogP contribution in [0.15, 0.2) is 207 Å². The minimum Gasteiger partial charge on any atom is -0.458 e. The van der Waals surface area contributed by atoms with E-state index in [1.54, 1.807) is 0 Å². The Morgan fingerprint density at radius 2 is 1.14 bits per heavy atom. The summed E-state index contributed by atoms with van der Waals surface area (Å²) >= 11 is 0. The highest BCUT2D eigenvalue weighted by molar-refractivity contribution is 6.21.